The monoisotopic (exact) mass is 357 g/mol. The first-order chi connectivity index (χ1) is 12.0. The molecule has 1 aromatic carbocycles. The van der Waals surface area contributed by atoms with Gasteiger partial charge in [-0.05, 0) is 31.5 Å². The van der Waals surface area contributed by atoms with Crippen LogP contribution in [0, 0.1) is 6.92 Å². The standard InChI is InChI=1S/C18H19N3O3S/c1-11-7-5-6-8-13(11)16-19-20-18(21(16)3)25-12(2)14-9-10-15(24-14)17(22)23-4/h5-10,12H,1-4H3. The number of thioether (sulfide) groups is 1. The molecule has 130 valence electrons. The number of esters is 1. The Morgan fingerprint density at radius 2 is 2.00 bits per heavy atom. The number of ether oxygens (including phenoxy) is 1. The average Bonchev–Trinajstić information content (AvgIpc) is 3.23. The van der Waals surface area contributed by atoms with Gasteiger partial charge in [-0.15, -0.1) is 10.2 Å². The van der Waals surface area contributed by atoms with Gasteiger partial charge in [0.2, 0.25) is 5.76 Å². The minimum absolute atomic E-state index is 0.0222. The van der Waals surface area contributed by atoms with E-state index in [1.165, 1.54) is 18.9 Å². The molecule has 0 saturated heterocycles. The van der Waals surface area contributed by atoms with Gasteiger partial charge in [0.15, 0.2) is 11.0 Å². The van der Waals surface area contributed by atoms with Crippen molar-refractivity contribution in [3.63, 3.8) is 0 Å². The Kier molecular flexibility index (Phi) is 4.94. The highest BCUT2D eigenvalue weighted by molar-refractivity contribution is 7.99. The van der Waals surface area contributed by atoms with Gasteiger partial charge in [0, 0.05) is 12.6 Å². The molecule has 0 fully saturated rings. The van der Waals surface area contributed by atoms with Crippen molar-refractivity contribution in [2.45, 2.75) is 24.3 Å². The fourth-order valence-electron chi connectivity index (χ4n) is 2.47. The van der Waals surface area contributed by atoms with Gasteiger partial charge in [-0.1, -0.05) is 36.0 Å². The van der Waals surface area contributed by atoms with E-state index in [-0.39, 0.29) is 11.0 Å². The Morgan fingerprint density at radius 3 is 2.72 bits per heavy atom. The zero-order valence-electron chi connectivity index (χ0n) is 14.5. The molecule has 2 heterocycles. The van der Waals surface area contributed by atoms with Crippen molar-refractivity contribution in [3.05, 3.63) is 53.5 Å². The third kappa shape index (κ3) is 3.46. The molecule has 3 rings (SSSR count). The normalized spacial score (nSPS) is 12.2. The van der Waals surface area contributed by atoms with Gasteiger partial charge >= 0.3 is 5.97 Å². The number of benzene rings is 1. The minimum atomic E-state index is -0.482. The largest absolute Gasteiger partial charge is 0.463 e. The average molecular weight is 357 g/mol. The zero-order chi connectivity index (χ0) is 18.0. The summed E-state index contributed by atoms with van der Waals surface area (Å²) in [6.07, 6.45) is 0. The van der Waals surface area contributed by atoms with E-state index in [1.807, 2.05) is 36.7 Å². The summed E-state index contributed by atoms with van der Waals surface area (Å²) in [7, 11) is 3.27. The maximum Gasteiger partial charge on any atom is 0.373 e. The minimum Gasteiger partial charge on any atom is -0.463 e. The number of rotatable bonds is 5. The number of hydrogen-bond donors (Lipinski definition) is 0. The highest BCUT2D eigenvalue weighted by Crippen LogP contribution is 2.36. The van der Waals surface area contributed by atoms with Crippen LogP contribution in [0.5, 0.6) is 0 Å². The molecule has 6 nitrogen and oxygen atoms in total. The Labute approximate surface area is 150 Å². The number of methoxy groups -OCH3 is 1. The molecule has 0 saturated carbocycles. The van der Waals surface area contributed by atoms with Gasteiger partial charge in [-0.3, -0.25) is 0 Å². The van der Waals surface area contributed by atoms with Crippen LogP contribution in [-0.4, -0.2) is 27.8 Å². The molecule has 0 aliphatic heterocycles. The number of nitrogens with zero attached hydrogens (tertiary/aromatic N) is 3. The molecule has 0 aliphatic carbocycles. The second-order valence-electron chi connectivity index (χ2n) is 5.63. The Hall–Kier alpha value is -2.54. The molecule has 25 heavy (non-hydrogen) atoms. The molecule has 0 N–H and O–H groups in total. The molecular formula is C18H19N3O3S. The third-order valence-electron chi connectivity index (χ3n) is 3.92. The second kappa shape index (κ2) is 7.14. The molecule has 1 unspecified atom stereocenters. The predicted molar refractivity (Wildman–Crippen MR) is 95.5 cm³/mol. The van der Waals surface area contributed by atoms with Crippen molar-refractivity contribution in [2.24, 2.45) is 7.05 Å². The fourth-order valence-corrected chi connectivity index (χ4v) is 3.37. The number of aromatic nitrogens is 3. The maximum atomic E-state index is 11.5. The molecule has 3 aromatic rings. The lowest BCUT2D eigenvalue weighted by molar-refractivity contribution is 0.0563. The SMILES string of the molecule is COC(=O)c1ccc(C(C)Sc2nnc(-c3ccccc3C)n2C)o1. The molecule has 0 radical (unpaired) electrons. The van der Waals surface area contributed by atoms with Crippen molar-refractivity contribution in [1.29, 1.82) is 0 Å². The molecular weight excluding hydrogens is 338 g/mol. The van der Waals surface area contributed by atoms with Gasteiger partial charge in [0.05, 0.1) is 12.4 Å². The van der Waals surface area contributed by atoms with Crippen molar-refractivity contribution in [2.75, 3.05) is 7.11 Å². The van der Waals surface area contributed by atoms with Crippen LogP contribution in [0.3, 0.4) is 0 Å². The number of carbonyl (C=O) groups excluding carboxylic acids is 1. The van der Waals surface area contributed by atoms with E-state index in [9.17, 15) is 4.79 Å². The van der Waals surface area contributed by atoms with Gasteiger partial charge < -0.3 is 13.7 Å². The van der Waals surface area contributed by atoms with Crippen molar-refractivity contribution in [3.8, 4) is 11.4 Å². The molecule has 1 atom stereocenters. The highest BCUT2D eigenvalue weighted by atomic mass is 32.2. The molecule has 0 bridgehead atoms. The summed E-state index contributed by atoms with van der Waals surface area (Å²) in [6, 6.07) is 11.5. The summed E-state index contributed by atoms with van der Waals surface area (Å²) in [6.45, 7) is 4.04. The van der Waals surface area contributed by atoms with Crippen LogP contribution in [0.1, 0.15) is 34.1 Å². The number of aryl methyl sites for hydroxylation is 1. The summed E-state index contributed by atoms with van der Waals surface area (Å²) in [4.78, 5) is 11.5. The van der Waals surface area contributed by atoms with Crippen molar-refractivity contribution >= 4 is 17.7 Å². The van der Waals surface area contributed by atoms with Gasteiger partial charge in [0.25, 0.3) is 0 Å². The van der Waals surface area contributed by atoms with E-state index in [4.69, 9.17) is 4.42 Å². The topological polar surface area (TPSA) is 70.2 Å². The summed E-state index contributed by atoms with van der Waals surface area (Å²) in [5.41, 5.74) is 2.21. The lowest BCUT2D eigenvalue weighted by Crippen LogP contribution is -1.99. The van der Waals surface area contributed by atoms with E-state index < -0.39 is 5.97 Å². The van der Waals surface area contributed by atoms with Crippen molar-refractivity contribution in [1.82, 2.24) is 14.8 Å². The summed E-state index contributed by atoms with van der Waals surface area (Å²) < 4.78 is 12.2. The predicted octanol–water partition coefficient (Wildman–Crippen LogP) is 4.02. The maximum absolute atomic E-state index is 11.5. The Morgan fingerprint density at radius 1 is 1.24 bits per heavy atom. The van der Waals surface area contributed by atoms with Gasteiger partial charge in [-0.2, -0.15) is 0 Å². The quantitative estimate of drug-likeness (QED) is 0.507. The summed E-state index contributed by atoms with van der Waals surface area (Å²) >= 11 is 1.52. The van der Waals surface area contributed by atoms with Crippen LogP contribution in [0.15, 0.2) is 46.0 Å². The lowest BCUT2D eigenvalue weighted by Gasteiger charge is -2.09. The first-order valence-electron chi connectivity index (χ1n) is 7.81. The zero-order valence-corrected chi connectivity index (χ0v) is 15.3. The lowest BCUT2D eigenvalue weighted by atomic mass is 10.1. The Balaban J connectivity index is 1.81. The number of furan rings is 1. The molecule has 2 aromatic heterocycles. The molecule has 7 heteroatoms. The number of hydrogen-bond acceptors (Lipinski definition) is 6. The number of carbonyl (C=O) groups is 1. The van der Waals surface area contributed by atoms with Crippen LogP contribution in [0.4, 0.5) is 0 Å². The molecule has 0 amide bonds. The van der Waals surface area contributed by atoms with E-state index in [2.05, 4.69) is 27.9 Å². The van der Waals surface area contributed by atoms with Crippen molar-refractivity contribution < 1.29 is 13.9 Å². The first kappa shape index (κ1) is 17.3. The molecule has 0 spiro atoms. The van der Waals surface area contributed by atoms with Gasteiger partial charge in [-0.25, -0.2) is 4.79 Å². The molecule has 0 aliphatic rings. The first-order valence-corrected chi connectivity index (χ1v) is 8.69. The highest BCUT2D eigenvalue weighted by Gasteiger charge is 2.20. The van der Waals surface area contributed by atoms with Gasteiger partial charge in [0.1, 0.15) is 5.76 Å². The van der Waals surface area contributed by atoms with Crippen LogP contribution < -0.4 is 0 Å². The third-order valence-corrected chi connectivity index (χ3v) is 5.07. The van der Waals surface area contributed by atoms with Crippen LogP contribution >= 0.6 is 11.8 Å². The Bertz CT molecular complexity index is 901. The van der Waals surface area contributed by atoms with Crippen LogP contribution in [-0.2, 0) is 11.8 Å². The summed E-state index contributed by atoms with van der Waals surface area (Å²) in [5.74, 6) is 1.22. The summed E-state index contributed by atoms with van der Waals surface area (Å²) in [5, 5.41) is 9.38. The van der Waals surface area contributed by atoms with Crippen LogP contribution in [0.25, 0.3) is 11.4 Å². The smallest absolute Gasteiger partial charge is 0.373 e. The van der Waals surface area contributed by atoms with E-state index in [1.54, 1.807) is 12.1 Å². The van der Waals surface area contributed by atoms with E-state index >= 15 is 0 Å². The second-order valence-corrected chi connectivity index (χ2v) is 6.94. The van der Waals surface area contributed by atoms with E-state index in [0.717, 1.165) is 22.1 Å². The van der Waals surface area contributed by atoms with Crippen LogP contribution in [0.2, 0.25) is 0 Å². The van der Waals surface area contributed by atoms with E-state index in [0.29, 0.717) is 5.76 Å². The fraction of sp³-hybridized carbons (Fsp3) is 0.278.